The van der Waals surface area contributed by atoms with E-state index in [1.165, 1.54) is 131 Å². The zero-order valence-electron chi connectivity index (χ0n) is 32.8. The molecule has 13 aromatic carbocycles. The third-order valence-electron chi connectivity index (χ3n) is 13.2. The van der Waals surface area contributed by atoms with Crippen molar-refractivity contribution in [2.24, 2.45) is 0 Å². The Bertz CT molecular complexity index is 3800. The van der Waals surface area contributed by atoms with Gasteiger partial charge in [-0.15, -0.1) is 0 Å². The molecule has 0 radical (unpaired) electrons. The van der Waals surface area contributed by atoms with Crippen LogP contribution in [0.5, 0.6) is 0 Å². The molecule has 0 fully saturated rings. The van der Waals surface area contributed by atoms with Gasteiger partial charge in [-0.2, -0.15) is 0 Å². The van der Waals surface area contributed by atoms with Crippen LogP contribution in [0.15, 0.2) is 218 Å². The summed E-state index contributed by atoms with van der Waals surface area (Å²) in [6.07, 6.45) is 0. The van der Waals surface area contributed by atoms with Gasteiger partial charge in [0.25, 0.3) is 0 Å². The quantitative estimate of drug-likeness (QED) is 0.153. The fraction of sp³-hybridized carbons (Fsp3) is 0. The highest BCUT2D eigenvalue weighted by molar-refractivity contribution is 6.28. The maximum absolute atomic E-state index is 2.36. The Kier molecular flexibility index (Phi) is 7.11. The van der Waals surface area contributed by atoms with Crippen LogP contribution in [0, 0.1) is 0 Å². The summed E-state index contributed by atoms with van der Waals surface area (Å²) in [6, 6.07) is 81.4. The summed E-state index contributed by atoms with van der Waals surface area (Å²) >= 11 is 0. The van der Waals surface area contributed by atoms with Crippen LogP contribution in [-0.4, -0.2) is 0 Å². The standard InChI is InChI=1S/C60H36/c1-2-7-45-36-50(21-18-37(45)6-1)53-30-24-44-26-32-55-52(29-23-43-27-33-56(53)60(44)59(43)55)49-13-5-11-47(35-49)39-16-14-38(15-17-39)46-10-4-12-48(34-46)51-28-22-42-20-19-40-8-3-9-41-25-31-54(51)58(42)57(40)41/h1-36H. The monoisotopic (exact) mass is 756 g/mol. The van der Waals surface area contributed by atoms with E-state index in [9.17, 15) is 0 Å². The van der Waals surface area contributed by atoms with Gasteiger partial charge >= 0.3 is 0 Å². The van der Waals surface area contributed by atoms with Gasteiger partial charge in [0.1, 0.15) is 0 Å². The van der Waals surface area contributed by atoms with Crippen LogP contribution in [-0.2, 0) is 0 Å². The first kappa shape index (κ1) is 33.2. The van der Waals surface area contributed by atoms with Crippen LogP contribution in [0.25, 0.3) is 131 Å². The molecule has 0 nitrogen and oxygen atoms in total. The van der Waals surface area contributed by atoms with Gasteiger partial charge in [-0.1, -0.05) is 200 Å². The van der Waals surface area contributed by atoms with Crippen LogP contribution in [0.3, 0.4) is 0 Å². The molecule has 13 aromatic rings. The first-order chi connectivity index (χ1) is 29.7. The molecule has 0 amide bonds. The normalized spacial score (nSPS) is 12.0. The molecule has 0 aliphatic rings. The van der Waals surface area contributed by atoms with Crippen molar-refractivity contribution in [3.63, 3.8) is 0 Å². The molecule has 0 N–H and O–H groups in total. The zero-order chi connectivity index (χ0) is 39.3. The molecule has 0 unspecified atom stereocenters. The predicted octanol–water partition coefficient (Wildman–Crippen LogP) is 17.0. The summed E-state index contributed by atoms with van der Waals surface area (Å²) in [5.41, 5.74) is 12.4. The summed E-state index contributed by atoms with van der Waals surface area (Å²) in [5, 5.41) is 18.3. The minimum Gasteiger partial charge on any atom is -0.0616 e. The van der Waals surface area contributed by atoms with Gasteiger partial charge in [0.2, 0.25) is 0 Å². The van der Waals surface area contributed by atoms with E-state index in [0.717, 1.165) is 0 Å². The lowest BCUT2D eigenvalue weighted by Crippen LogP contribution is -1.90. The zero-order valence-corrected chi connectivity index (χ0v) is 32.8. The molecule has 0 saturated carbocycles. The van der Waals surface area contributed by atoms with Gasteiger partial charge in [0, 0.05) is 0 Å². The van der Waals surface area contributed by atoms with Gasteiger partial charge < -0.3 is 0 Å². The summed E-state index contributed by atoms with van der Waals surface area (Å²) in [5.74, 6) is 0. The summed E-state index contributed by atoms with van der Waals surface area (Å²) in [6.45, 7) is 0. The lowest BCUT2D eigenvalue weighted by molar-refractivity contribution is 1.58. The fourth-order valence-corrected chi connectivity index (χ4v) is 10.2. The molecule has 0 aliphatic carbocycles. The van der Waals surface area contributed by atoms with E-state index in [4.69, 9.17) is 0 Å². The summed E-state index contributed by atoms with van der Waals surface area (Å²) in [7, 11) is 0. The van der Waals surface area contributed by atoms with Crippen molar-refractivity contribution in [3.8, 4) is 55.6 Å². The number of rotatable bonds is 5. The van der Waals surface area contributed by atoms with Crippen LogP contribution in [0.1, 0.15) is 0 Å². The highest BCUT2D eigenvalue weighted by Crippen LogP contribution is 2.44. The summed E-state index contributed by atoms with van der Waals surface area (Å²) in [4.78, 5) is 0. The van der Waals surface area contributed by atoms with E-state index in [1.54, 1.807) is 0 Å². The number of hydrogen-bond acceptors (Lipinski definition) is 0. The van der Waals surface area contributed by atoms with Crippen molar-refractivity contribution in [2.45, 2.75) is 0 Å². The molecular weight excluding hydrogens is 721 g/mol. The fourth-order valence-electron chi connectivity index (χ4n) is 10.2. The maximum Gasteiger partial charge on any atom is -0.00203 e. The molecular formula is C60H36. The Hall–Kier alpha value is -7.80. The molecule has 0 bridgehead atoms. The second kappa shape index (κ2) is 12.9. The van der Waals surface area contributed by atoms with Crippen molar-refractivity contribution in [1.82, 2.24) is 0 Å². The third-order valence-corrected chi connectivity index (χ3v) is 13.2. The second-order valence-electron chi connectivity index (χ2n) is 16.4. The number of fused-ring (bicyclic) bond motifs is 1. The lowest BCUT2D eigenvalue weighted by atomic mass is 9.86. The van der Waals surface area contributed by atoms with Crippen molar-refractivity contribution >= 4 is 75.4 Å². The van der Waals surface area contributed by atoms with Crippen LogP contribution < -0.4 is 0 Å². The van der Waals surface area contributed by atoms with Crippen molar-refractivity contribution in [1.29, 1.82) is 0 Å². The minimum absolute atomic E-state index is 1.21. The van der Waals surface area contributed by atoms with Gasteiger partial charge in [0.15, 0.2) is 0 Å². The topological polar surface area (TPSA) is 0 Å². The van der Waals surface area contributed by atoms with E-state index in [2.05, 4.69) is 218 Å². The lowest BCUT2D eigenvalue weighted by Gasteiger charge is -2.17. The molecule has 276 valence electrons. The van der Waals surface area contributed by atoms with Gasteiger partial charge in [-0.3, -0.25) is 0 Å². The smallest absolute Gasteiger partial charge is 0.00203 e. The Labute approximate surface area is 347 Å². The molecule has 13 rings (SSSR count). The maximum atomic E-state index is 2.36. The van der Waals surface area contributed by atoms with E-state index < -0.39 is 0 Å². The third kappa shape index (κ3) is 5.04. The predicted molar refractivity (Wildman–Crippen MR) is 259 cm³/mol. The second-order valence-corrected chi connectivity index (χ2v) is 16.4. The van der Waals surface area contributed by atoms with Crippen LogP contribution in [0.4, 0.5) is 0 Å². The van der Waals surface area contributed by atoms with Crippen LogP contribution in [0.2, 0.25) is 0 Å². The first-order valence-corrected chi connectivity index (χ1v) is 20.9. The van der Waals surface area contributed by atoms with Crippen molar-refractivity contribution in [2.75, 3.05) is 0 Å². The molecule has 0 heterocycles. The van der Waals surface area contributed by atoms with Gasteiger partial charge in [-0.25, -0.2) is 0 Å². The largest absolute Gasteiger partial charge is 0.0616 e. The van der Waals surface area contributed by atoms with Crippen molar-refractivity contribution < 1.29 is 0 Å². The van der Waals surface area contributed by atoms with E-state index in [1.807, 2.05) is 0 Å². The Morgan fingerprint density at radius 2 is 0.500 bits per heavy atom. The Morgan fingerprint density at radius 1 is 0.167 bits per heavy atom. The molecule has 60 heavy (non-hydrogen) atoms. The van der Waals surface area contributed by atoms with E-state index in [0.29, 0.717) is 0 Å². The Morgan fingerprint density at radius 3 is 1.02 bits per heavy atom. The first-order valence-electron chi connectivity index (χ1n) is 20.9. The minimum atomic E-state index is 1.21. The van der Waals surface area contributed by atoms with Gasteiger partial charge in [0.05, 0.1) is 0 Å². The summed E-state index contributed by atoms with van der Waals surface area (Å²) < 4.78 is 0. The molecule has 0 spiro atoms. The molecule has 0 heteroatoms. The van der Waals surface area contributed by atoms with Gasteiger partial charge in [-0.05, 0) is 149 Å². The van der Waals surface area contributed by atoms with E-state index in [-0.39, 0.29) is 0 Å². The van der Waals surface area contributed by atoms with Crippen molar-refractivity contribution in [3.05, 3.63) is 218 Å². The van der Waals surface area contributed by atoms with Crippen LogP contribution >= 0.6 is 0 Å². The SMILES string of the molecule is c1cc(-c2ccc(-c3cccc(-c4ccc5ccc6c(-c7ccc8ccccc8c7)ccc7ccc4c5c76)c3)cc2)cc(-c2ccc3ccc4cccc5ccc2c3c45)c1. The molecule has 0 aliphatic heterocycles. The molecule has 0 saturated heterocycles. The number of hydrogen-bond donors (Lipinski definition) is 0. The number of benzene rings is 13. The van der Waals surface area contributed by atoms with E-state index >= 15 is 0 Å². The highest BCUT2D eigenvalue weighted by atomic mass is 14.2. The average Bonchev–Trinajstić information content (AvgIpc) is 3.32. The molecule has 0 atom stereocenters. The Balaban J connectivity index is 0.857. The molecule has 0 aromatic heterocycles. The highest BCUT2D eigenvalue weighted by Gasteiger charge is 2.17. The average molecular weight is 757 g/mol.